The topological polar surface area (TPSA) is 46.2 Å². The minimum atomic E-state index is 0.308. The number of aliphatic hydroxyl groups excluding tert-OH is 1. The van der Waals surface area contributed by atoms with E-state index in [2.05, 4.69) is 0 Å². The fourth-order valence-corrected chi connectivity index (χ4v) is 2.73. The molecule has 0 amide bonds. The van der Waals surface area contributed by atoms with Crippen LogP contribution in [0.5, 0.6) is 0 Å². The van der Waals surface area contributed by atoms with E-state index >= 15 is 0 Å². The monoisotopic (exact) mass is 141 g/mol. The van der Waals surface area contributed by atoms with Crippen molar-refractivity contribution in [2.45, 2.75) is 25.3 Å². The van der Waals surface area contributed by atoms with Gasteiger partial charge in [-0.1, -0.05) is 0 Å². The Kier molecular flexibility index (Phi) is 1.46. The normalized spacial score (nSPS) is 52.2. The van der Waals surface area contributed by atoms with Crippen LogP contribution in [-0.4, -0.2) is 17.8 Å². The van der Waals surface area contributed by atoms with Crippen molar-refractivity contribution in [2.24, 2.45) is 23.5 Å². The van der Waals surface area contributed by atoms with Gasteiger partial charge in [0.2, 0.25) is 0 Å². The summed E-state index contributed by atoms with van der Waals surface area (Å²) >= 11 is 0. The fourth-order valence-electron chi connectivity index (χ4n) is 2.73. The van der Waals surface area contributed by atoms with Gasteiger partial charge in [0, 0.05) is 18.6 Å². The van der Waals surface area contributed by atoms with Crippen molar-refractivity contribution in [3.8, 4) is 0 Å². The van der Waals surface area contributed by atoms with Crippen LogP contribution in [0, 0.1) is 17.8 Å². The smallest absolute Gasteiger partial charge is 0.0476 e. The zero-order valence-electron chi connectivity index (χ0n) is 6.16. The van der Waals surface area contributed by atoms with E-state index in [-0.39, 0.29) is 0 Å². The van der Waals surface area contributed by atoms with Gasteiger partial charge in [0.25, 0.3) is 0 Å². The molecule has 2 fully saturated rings. The van der Waals surface area contributed by atoms with Crippen molar-refractivity contribution >= 4 is 0 Å². The van der Waals surface area contributed by atoms with Gasteiger partial charge in [0.15, 0.2) is 0 Å². The number of aliphatic hydroxyl groups is 1. The van der Waals surface area contributed by atoms with Crippen molar-refractivity contribution < 1.29 is 5.11 Å². The van der Waals surface area contributed by atoms with Gasteiger partial charge in [0.05, 0.1) is 0 Å². The Balaban J connectivity index is 2.10. The molecule has 0 spiro atoms. The molecule has 2 aliphatic rings. The molecule has 0 radical (unpaired) electrons. The van der Waals surface area contributed by atoms with E-state index in [1.165, 1.54) is 19.3 Å². The van der Waals surface area contributed by atoms with Crippen molar-refractivity contribution in [3.63, 3.8) is 0 Å². The SMILES string of the molecule is NC1C2CCC(C2)C1CO. The Bertz CT molecular complexity index is 135. The van der Waals surface area contributed by atoms with Gasteiger partial charge in [-0.15, -0.1) is 0 Å². The first-order chi connectivity index (χ1) is 4.83. The fraction of sp³-hybridized carbons (Fsp3) is 1.00. The number of hydrogen-bond acceptors (Lipinski definition) is 2. The molecular weight excluding hydrogens is 126 g/mol. The molecule has 2 bridgehead atoms. The predicted molar refractivity (Wildman–Crippen MR) is 39.4 cm³/mol. The second-order valence-electron chi connectivity index (χ2n) is 3.76. The lowest BCUT2D eigenvalue weighted by atomic mass is 9.86. The number of hydrogen-bond donors (Lipinski definition) is 2. The lowest BCUT2D eigenvalue weighted by Gasteiger charge is -2.25. The maximum atomic E-state index is 8.98. The summed E-state index contributed by atoms with van der Waals surface area (Å²) in [6.07, 6.45) is 3.90. The number of fused-ring (bicyclic) bond motifs is 2. The molecule has 4 atom stereocenters. The van der Waals surface area contributed by atoms with E-state index in [1.54, 1.807) is 0 Å². The van der Waals surface area contributed by atoms with Gasteiger partial charge >= 0.3 is 0 Å². The number of nitrogens with two attached hydrogens (primary N) is 1. The summed E-state index contributed by atoms with van der Waals surface area (Å²) in [6, 6.07) is 0.309. The molecule has 2 aliphatic carbocycles. The molecule has 10 heavy (non-hydrogen) atoms. The molecule has 2 rings (SSSR count). The molecule has 0 aromatic carbocycles. The van der Waals surface area contributed by atoms with E-state index in [0.717, 1.165) is 11.8 Å². The van der Waals surface area contributed by atoms with Gasteiger partial charge in [-0.2, -0.15) is 0 Å². The Hall–Kier alpha value is -0.0800. The minimum Gasteiger partial charge on any atom is -0.396 e. The second kappa shape index (κ2) is 2.21. The Morgan fingerprint density at radius 1 is 1.30 bits per heavy atom. The standard InChI is InChI=1S/C8H15NO/c9-8-6-2-1-5(3-6)7(8)4-10/h5-8,10H,1-4,9H2. The zero-order valence-corrected chi connectivity index (χ0v) is 6.16. The predicted octanol–water partition coefficient (Wildman–Crippen LogP) is 0.352. The third-order valence-corrected chi connectivity index (χ3v) is 3.37. The van der Waals surface area contributed by atoms with Gasteiger partial charge in [-0.25, -0.2) is 0 Å². The van der Waals surface area contributed by atoms with Gasteiger partial charge in [-0.05, 0) is 31.1 Å². The van der Waals surface area contributed by atoms with Gasteiger partial charge in [-0.3, -0.25) is 0 Å². The molecule has 0 saturated heterocycles. The first-order valence-corrected chi connectivity index (χ1v) is 4.19. The van der Waals surface area contributed by atoms with Crippen LogP contribution in [0.3, 0.4) is 0 Å². The van der Waals surface area contributed by atoms with Crippen molar-refractivity contribution in [1.29, 1.82) is 0 Å². The summed E-state index contributed by atoms with van der Waals surface area (Å²) in [6.45, 7) is 0.308. The highest BCUT2D eigenvalue weighted by atomic mass is 16.3. The van der Waals surface area contributed by atoms with Gasteiger partial charge < -0.3 is 10.8 Å². The van der Waals surface area contributed by atoms with Crippen molar-refractivity contribution in [2.75, 3.05) is 6.61 Å². The summed E-state index contributed by atoms with van der Waals surface area (Å²) < 4.78 is 0. The first kappa shape index (κ1) is 6.62. The zero-order chi connectivity index (χ0) is 7.14. The molecule has 0 aliphatic heterocycles. The minimum absolute atomic E-state index is 0.308. The molecule has 2 saturated carbocycles. The van der Waals surface area contributed by atoms with E-state index < -0.39 is 0 Å². The second-order valence-corrected chi connectivity index (χ2v) is 3.76. The molecule has 58 valence electrons. The quantitative estimate of drug-likeness (QED) is 0.553. The van der Waals surface area contributed by atoms with E-state index in [1.807, 2.05) is 0 Å². The highest BCUT2D eigenvalue weighted by Gasteiger charge is 2.44. The molecule has 4 unspecified atom stereocenters. The highest BCUT2D eigenvalue weighted by molar-refractivity contribution is 4.98. The third-order valence-electron chi connectivity index (χ3n) is 3.37. The summed E-state index contributed by atoms with van der Waals surface area (Å²) in [7, 11) is 0. The molecule has 0 aromatic heterocycles. The van der Waals surface area contributed by atoms with Crippen LogP contribution in [0.4, 0.5) is 0 Å². The molecule has 0 heterocycles. The molecule has 3 N–H and O–H groups in total. The summed E-state index contributed by atoms with van der Waals surface area (Å²) in [5.41, 5.74) is 5.91. The molecule has 2 nitrogen and oxygen atoms in total. The van der Waals surface area contributed by atoms with Crippen LogP contribution < -0.4 is 5.73 Å². The molecular formula is C8H15NO. The van der Waals surface area contributed by atoms with Crippen LogP contribution in [0.1, 0.15) is 19.3 Å². The maximum absolute atomic E-state index is 8.98. The summed E-state index contributed by atoms with van der Waals surface area (Å²) in [4.78, 5) is 0. The highest BCUT2D eigenvalue weighted by Crippen LogP contribution is 2.47. The largest absolute Gasteiger partial charge is 0.396 e. The molecule has 2 heteroatoms. The average molecular weight is 141 g/mol. The van der Waals surface area contributed by atoms with Crippen LogP contribution >= 0.6 is 0 Å². The Labute approximate surface area is 61.4 Å². The summed E-state index contributed by atoms with van der Waals surface area (Å²) in [5.74, 6) is 1.92. The Morgan fingerprint density at radius 3 is 2.40 bits per heavy atom. The van der Waals surface area contributed by atoms with Crippen LogP contribution in [0.15, 0.2) is 0 Å². The third kappa shape index (κ3) is 0.722. The number of rotatable bonds is 1. The van der Waals surface area contributed by atoms with Crippen LogP contribution in [0.25, 0.3) is 0 Å². The summed E-state index contributed by atoms with van der Waals surface area (Å²) in [5, 5.41) is 8.98. The van der Waals surface area contributed by atoms with Gasteiger partial charge in [0.1, 0.15) is 0 Å². The lowest BCUT2D eigenvalue weighted by molar-refractivity contribution is 0.159. The maximum Gasteiger partial charge on any atom is 0.0476 e. The van der Waals surface area contributed by atoms with Crippen LogP contribution in [-0.2, 0) is 0 Å². The average Bonchev–Trinajstić information content (AvgIpc) is 2.46. The molecule has 0 aromatic rings. The van der Waals surface area contributed by atoms with Crippen molar-refractivity contribution in [3.05, 3.63) is 0 Å². The van der Waals surface area contributed by atoms with E-state index in [0.29, 0.717) is 18.6 Å². The lowest BCUT2D eigenvalue weighted by Crippen LogP contribution is -2.37. The first-order valence-electron chi connectivity index (χ1n) is 4.19. The van der Waals surface area contributed by atoms with E-state index in [4.69, 9.17) is 10.8 Å². The Morgan fingerprint density at radius 2 is 2.00 bits per heavy atom. The van der Waals surface area contributed by atoms with Crippen LogP contribution in [0.2, 0.25) is 0 Å². The van der Waals surface area contributed by atoms with Crippen molar-refractivity contribution in [1.82, 2.24) is 0 Å². The van der Waals surface area contributed by atoms with E-state index in [9.17, 15) is 0 Å².